The molecule has 0 heterocycles. The predicted octanol–water partition coefficient (Wildman–Crippen LogP) is 2.12. The van der Waals surface area contributed by atoms with Crippen molar-refractivity contribution in [3.63, 3.8) is 0 Å². The quantitative estimate of drug-likeness (QED) is 0.625. The number of amides is 1. The summed E-state index contributed by atoms with van der Waals surface area (Å²) in [5.41, 5.74) is 6.64. The molecule has 0 fully saturated rings. The van der Waals surface area contributed by atoms with Crippen LogP contribution in [0, 0.1) is 0 Å². The fraction of sp³-hybridized carbons (Fsp3) is 0.333. The summed E-state index contributed by atoms with van der Waals surface area (Å²) in [6.45, 7) is 3.72. The monoisotopic (exact) mass is 330 g/mol. The molecule has 0 aromatic heterocycles. The number of nitrogen functional groups attached to an aromatic ring is 1. The van der Waals surface area contributed by atoms with Crippen LogP contribution in [0.4, 0.5) is 5.69 Å². The van der Waals surface area contributed by atoms with Crippen molar-refractivity contribution < 1.29 is 19.1 Å². The van der Waals surface area contributed by atoms with Crippen LogP contribution in [0.25, 0.3) is 10.8 Å². The Morgan fingerprint density at radius 2 is 1.79 bits per heavy atom. The summed E-state index contributed by atoms with van der Waals surface area (Å²) in [6.07, 6.45) is -0.0696. The molecule has 2 rings (SSSR count). The van der Waals surface area contributed by atoms with Crippen molar-refractivity contribution in [2.45, 2.75) is 26.0 Å². The van der Waals surface area contributed by atoms with Crippen LogP contribution in [0.15, 0.2) is 36.4 Å². The molecule has 0 spiro atoms. The van der Waals surface area contributed by atoms with Gasteiger partial charge in [0, 0.05) is 5.69 Å². The van der Waals surface area contributed by atoms with Crippen LogP contribution < -0.4 is 11.1 Å². The molecule has 0 radical (unpaired) electrons. The number of carbonyl (C=O) groups excluding carboxylic acids is 2. The predicted molar refractivity (Wildman–Crippen MR) is 92.7 cm³/mol. The van der Waals surface area contributed by atoms with Crippen molar-refractivity contribution in [3.05, 3.63) is 42.0 Å². The van der Waals surface area contributed by atoms with Gasteiger partial charge in [0.05, 0.1) is 25.4 Å². The number of hydrogen-bond donors (Lipinski definition) is 2. The van der Waals surface area contributed by atoms with Crippen molar-refractivity contribution in [2.75, 3.05) is 19.5 Å². The molecule has 0 aliphatic rings. The normalized spacial score (nSPS) is 12.2. The number of ether oxygens (including phenoxy) is 2. The summed E-state index contributed by atoms with van der Waals surface area (Å²) in [7, 11) is 1.27. The van der Waals surface area contributed by atoms with Crippen LogP contribution in [0.1, 0.15) is 24.2 Å². The van der Waals surface area contributed by atoms with E-state index in [2.05, 4.69) is 5.32 Å². The number of nitrogens with one attached hydrogen (secondary N) is 1. The average molecular weight is 330 g/mol. The van der Waals surface area contributed by atoms with E-state index in [1.807, 2.05) is 38.1 Å². The molecule has 24 heavy (non-hydrogen) atoms. The molecule has 0 bridgehead atoms. The van der Waals surface area contributed by atoms with Gasteiger partial charge in [0.1, 0.15) is 0 Å². The second kappa shape index (κ2) is 7.79. The molecule has 0 aliphatic carbocycles. The van der Waals surface area contributed by atoms with Crippen LogP contribution in [-0.2, 0) is 14.3 Å². The Hall–Kier alpha value is -2.60. The Kier molecular flexibility index (Phi) is 5.76. The first-order valence-electron chi connectivity index (χ1n) is 7.71. The fourth-order valence-electron chi connectivity index (χ4n) is 2.29. The maximum Gasteiger partial charge on any atom is 0.330 e. The number of esters is 1. The van der Waals surface area contributed by atoms with Crippen LogP contribution in [0.2, 0.25) is 0 Å². The molecule has 1 atom stereocenters. The van der Waals surface area contributed by atoms with Gasteiger partial charge in [-0.25, -0.2) is 4.79 Å². The third-order valence-electron chi connectivity index (χ3n) is 3.55. The number of methoxy groups -OCH3 is 1. The van der Waals surface area contributed by atoms with E-state index in [-0.39, 0.29) is 12.7 Å². The molecule has 0 saturated carbocycles. The van der Waals surface area contributed by atoms with Gasteiger partial charge in [-0.05, 0) is 36.8 Å². The molecule has 0 saturated heterocycles. The van der Waals surface area contributed by atoms with E-state index >= 15 is 0 Å². The number of anilines is 1. The highest BCUT2D eigenvalue weighted by molar-refractivity contribution is 6.05. The Morgan fingerprint density at radius 3 is 2.38 bits per heavy atom. The first-order valence-corrected chi connectivity index (χ1v) is 7.71. The largest absolute Gasteiger partial charge is 0.467 e. The van der Waals surface area contributed by atoms with E-state index in [9.17, 15) is 9.59 Å². The van der Waals surface area contributed by atoms with Gasteiger partial charge in [-0.2, -0.15) is 0 Å². The SMILES string of the molecule is COC(=O)[C@H](COC(C)C)NC(=O)c1cc2ccccc2cc1N. The van der Waals surface area contributed by atoms with E-state index in [1.165, 1.54) is 7.11 Å². The van der Waals surface area contributed by atoms with Crippen LogP contribution >= 0.6 is 0 Å². The van der Waals surface area contributed by atoms with Crippen molar-refractivity contribution >= 4 is 28.3 Å². The summed E-state index contributed by atoms with van der Waals surface area (Å²) in [4.78, 5) is 24.4. The molecule has 2 aromatic rings. The highest BCUT2D eigenvalue weighted by Gasteiger charge is 2.24. The minimum atomic E-state index is -0.893. The van der Waals surface area contributed by atoms with Gasteiger partial charge in [-0.3, -0.25) is 4.79 Å². The Labute approximate surface area is 140 Å². The third kappa shape index (κ3) is 4.23. The average Bonchev–Trinajstić information content (AvgIpc) is 2.56. The standard InChI is InChI=1S/C18H22N2O4/c1-11(2)24-10-16(18(22)23-3)20-17(21)14-8-12-6-4-5-7-13(12)9-15(14)19/h4-9,11,16H,10,19H2,1-3H3,(H,20,21)/t16-/m0/s1. The van der Waals surface area contributed by atoms with Gasteiger partial charge in [-0.15, -0.1) is 0 Å². The van der Waals surface area contributed by atoms with Gasteiger partial charge < -0.3 is 20.5 Å². The summed E-state index contributed by atoms with van der Waals surface area (Å²) in [5, 5.41) is 4.46. The minimum absolute atomic E-state index is 0.0313. The van der Waals surface area contributed by atoms with E-state index < -0.39 is 17.9 Å². The number of nitrogens with two attached hydrogens (primary N) is 1. The molecule has 0 unspecified atom stereocenters. The second-order valence-corrected chi connectivity index (χ2v) is 5.72. The lowest BCUT2D eigenvalue weighted by Gasteiger charge is -2.18. The van der Waals surface area contributed by atoms with Gasteiger partial charge in [0.15, 0.2) is 6.04 Å². The molecule has 1 amide bonds. The van der Waals surface area contributed by atoms with E-state index in [4.69, 9.17) is 15.2 Å². The number of fused-ring (bicyclic) bond motifs is 1. The Balaban J connectivity index is 2.22. The van der Waals surface area contributed by atoms with E-state index in [1.54, 1.807) is 12.1 Å². The first-order chi connectivity index (χ1) is 11.4. The zero-order valence-corrected chi connectivity index (χ0v) is 14.0. The summed E-state index contributed by atoms with van der Waals surface area (Å²) < 4.78 is 10.1. The lowest BCUT2D eigenvalue weighted by atomic mass is 10.0. The minimum Gasteiger partial charge on any atom is -0.467 e. The zero-order valence-electron chi connectivity index (χ0n) is 14.0. The molecule has 128 valence electrons. The molecular weight excluding hydrogens is 308 g/mol. The molecule has 0 aliphatic heterocycles. The fourth-order valence-corrected chi connectivity index (χ4v) is 2.29. The zero-order chi connectivity index (χ0) is 17.7. The number of hydrogen-bond acceptors (Lipinski definition) is 5. The highest BCUT2D eigenvalue weighted by atomic mass is 16.5. The number of rotatable bonds is 6. The van der Waals surface area contributed by atoms with Gasteiger partial charge in [0.2, 0.25) is 0 Å². The van der Waals surface area contributed by atoms with E-state index in [0.29, 0.717) is 11.3 Å². The summed E-state index contributed by atoms with van der Waals surface area (Å²) in [6, 6.07) is 10.1. The second-order valence-electron chi connectivity index (χ2n) is 5.72. The van der Waals surface area contributed by atoms with Crippen molar-refractivity contribution in [2.24, 2.45) is 0 Å². The summed E-state index contributed by atoms with van der Waals surface area (Å²) >= 11 is 0. The maximum absolute atomic E-state index is 12.5. The third-order valence-corrected chi connectivity index (χ3v) is 3.55. The maximum atomic E-state index is 12.5. The van der Waals surface area contributed by atoms with Crippen molar-refractivity contribution in [1.82, 2.24) is 5.32 Å². The van der Waals surface area contributed by atoms with Gasteiger partial charge in [0.25, 0.3) is 5.91 Å². The topological polar surface area (TPSA) is 90.6 Å². The Morgan fingerprint density at radius 1 is 1.17 bits per heavy atom. The van der Waals surface area contributed by atoms with Crippen LogP contribution in [0.5, 0.6) is 0 Å². The van der Waals surface area contributed by atoms with Gasteiger partial charge >= 0.3 is 5.97 Å². The summed E-state index contributed by atoms with van der Waals surface area (Å²) in [5.74, 6) is -1.01. The lowest BCUT2D eigenvalue weighted by molar-refractivity contribution is -0.144. The molecule has 2 aromatic carbocycles. The van der Waals surface area contributed by atoms with Crippen molar-refractivity contribution in [1.29, 1.82) is 0 Å². The first kappa shape index (κ1) is 17.7. The Bertz CT molecular complexity index is 743. The smallest absolute Gasteiger partial charge is 0.330 e. The molecule has 6 nitrogen and oxygen atoms in total. The molecule has 6 heteroatoms. The number of benzene rings is 2. The van der Waals surface area contributed by atoms with Crippen LogP contribution in [0.3, 0.4) is 0 Å². The molecular formula is C18H22N2O4. The van der Waals surface area contributed by atoms with E-state index in [0.717, 1.165) is 10.8 Å². The highest BCUT2D eigenvalue weighted by Crippen LogP contribution is 2.22. The van der Waals surface area contributed by atoms with Crippen molar-refractivity contribution in [3.8, 4) is 0 Å². The molecule has 3 N–H and O–H groups in total. The lowest BCUT2D eigenvalue weighted by Crippen LogP contribution is -2.45. The number of carbonyl (C=O) groups is 2. The van der Waals surface area contributed by atoms with Gasteiger partial charge in [-0.1, -0.05) is 24.3 Å². The van der Waals surface area contributed by atoms with Crippen LogP contribution in [-0.4, -0.2) is 37.7 Å².